The zero-order valence-electron chi connectivity index (χ0n) is 7.68. The van der Waals surface area contributed by atoms with Gasteiger partial charge in [0.15, 0.2) is 0 Å². The SMILES string of the molecule is CCOC(C)c1cccc(Cl)c1Cl. The lowest BCUT2D eigenvalue weighted by Gasteiger charge is -2.13. The highest BCUT2D eigenvalue weighted by molar-refractivity contribution is 6.42. The third-order valence-electron chi connectivity index (χ3n) is 1.84. The van der Waals surface area contributed by atoms with Gasteiger partial charge in [-0.3, -0.25) is 0 Å². The molecule has 0 heterocycles. The molecule has 0 aliphatic carbocycles. The van der Waals surface area contributed by atoms with Crippen LogP contribution >= 0.6 is 23.2 Å². The zero-order valence-corrected chi connectivity index (χ0v) is 9.19. The van der Waals surface area contributed by atoms with Gasteiger partial charge in [0.25, 0.3) is 0 Å². The van der Waals surface area contributed by atoms with Crippen LogP contribution in [0, 0.1) is 0 Å². The average molecular weight is 219 g/mol. The van der Waals surface area contributed by atoms with Crippen molar-refractivity contribution < 1.29 is 4.74 Å². The molecule has 0 radical (unpaired) electrons. The fraction of sp³-hybridized carbons (Fsp3) is 0.400. The van der Waals surface area contributed by atoms with E-state index in [1.165, 1.54) is 0 Å². The summed E-state index contributed by atoms with van der Waals surface area (Å²) in [5, 5.41) is 1.16. The molecule has 1 aromatic carbocycles. The molecule has 13 heavy (non-hydrogen) atoms. The first-order valence-corrected chi connectivity index (χ1v) is 4.98. The molecule has 0 N–H and O–H groups in total. The molecule has 0 aliphatic heterocycles. The van der Waals surface area contributed by atoms with E-state index in [9.17, 15) is 0 Å². The number of hydrogen-bond acceptors (Lipinski definition) is 1. The van der Waals surface area contributed by atoms with Gasteiger partial charge in [0.05, 0.1) is 16.1 Å². The van der Waals surface area contributed by atoms with Crippen LogP contribution in [-0.4, -0.2) is 6.61 Å². The zero-order chi connectivity index (χ0) is 9.84. The first-order chi connectivity index (χ1) is 6.16. The number of hydrogen-bond donors (Lipinski definition) is 0. The monoisotopic (exact) mass is 218 g/mol. The Morgan fingerprint density at radius 1 is 1.38 bits per heavy atom. The molecule has 1 aromatic rings. The Morgan fingerprint density at radius 2 is 2.08 bits per heavy atom. The Bertz CT molecular complexity index is 286. The van der Waals surface area contributed by atoms with Gasteiger partial charge in [-0.2, -0.15) is 0 Å². The Labute approximate surface area is 88.6 Å². The minimum Gasteiger partial charge on any atom is -0.374 e. The Morgan fingerprint density at radius 3 is 2.69 bits per heavy atom. The van der Waals surface area contributed by atoms with Crippen molar-refractivity contribution >= 4 is 23.2 Å². The quantitative estimate of drug-likeness (QED) is 0.743. The van der Waals surface area contributed by atoms with Gasteiger partial charge in [-0.25, -0.2) is 0 Å². The van der Waals surface area contributed by atoms with Crippen molar-refractivity contribution in [1.29, 1.82) is 0 Å². The molecule has 0 saturated heterocycles. The highest BCUT2D eigenvalue weighted by Gasteiger charge is 2.10. The molecule has 1 rings (SSSR count). The van der Waals surface area contributed by atoms with Crippen LogP contribution in [0.4, 0.5) is 0 Å². The molecule has 0 saturated carbocycles. The topological polar surface area (TPSA) is 9.23 Å². The van der Waals surface area contributed by atoms with E-state index < -0.39 is 0 Å². The summed E-state index contributed by atoms with van der Waals surface area (Å²) in [6, 6.07) is 5.57. The molecule has 0 amide bonds. The third kappa shape index (κ3) is 2.60. The lowest BCUT2D eigenvalue weighted by Crippen LogP contribution is -2.00. The maximum absolute atomic E-state index is 6.01. The van der Waals surface area contributed by atoms with Gasteiger partial charge in [0, 0.05) is 12.2 Å². The van der Waals surface area contributed by atoms with Crippen molar-refractivity contribution in [2.45, 2.75) is 20.0 Å². The van der Waals surface area contributed by atoms with E-state index in [-0.39, 0.29) is 6.10 Å². The summed E-state index contributed by atoms with van der Waals surface area (Å²) in [5.74, 6) is 0. The van der Waals surface area contributed by atoms with Crippen molar-refractivity contribution in [2.75, 3.05) is 6.61 Å². The second-order valence-corrected chi connectivity index (χ2v) is 3.53. The molecule has 72 valence electrons. The van der Waals surface area contributed by atoms with Gasteiger partial charge < -0.3 is 4.74 Å². The van der Waals surface area contributed by atoms with Crippen LogP contribution in [0.5, 0.6) is 0 Å². The van der Waals surface area contributed by atoms with E-state index in [0.717, 1.165) is 5.56 Å². The average Bonchev–Trinajstić information content (AvgIpc) is 2.10. The maximum atomic E-state index is 6.01. The van der Waals surface area contributed by atoms with E-state index in [1.807, 2.05) is 26.0 Å². The van der Waals surface area contributed by atoms with Crippen molar-refractivity contribution in [2.24, 2.45) is 0 Å². The van der Waals surface area contributed by atoms with Gasteiger partial charge in [0.1, 0.15) is 0 Å². The van der Waals surface area contributed by atoms with E-state index in [4.69, 9.17) is 27.9 Å². The molecule has 1 nitrogen and oxygen atoms in total. The molecule has 1 unspecified atom stereocenters. The van der Waals surface area contributed by atoms with Crippen LogP contribution < -0.4 is 0 Å². The van der Waals surface area contributed by atoms with Gasteiger partial charge in [-0.1, -0.05) is 35.3 Å². The Kier molecular flexibility index (Phi) is 4.04. The number of ether oxygens (including phenoxy) is 1. The van der Waals surface area contributed by atoms with Crippen molar-refractivity contribution in [3.63, 3.8) is 0 Å². The summed E-state index contributed by atoms with van der Waals surface area (Å²) in [5.41, 5.74) is 0.941. The minimum absolute atomic E-state index is 0.00352. The summed E-state index contributed by atoms with van der Waals surface area (Å²) in [6.07, 6.45) is -0.00352. The summed E-state index contributed by atoms with van der Waals surface area (Å²) in [4.78, 5) is 0. The molecular weight excluding hydrogens is 207 g/mol. The normalized spacial score (nSPS) is 12.9. The van der Waals surface area contributed by atoms with Crippen LogP contribution in [0.2, 0.25) is 10.0 Å². The standard InChI is InChI=1S/C10H12Cl2O/c1-3-13-7(2)8-5-4-6-9(11)10(8)12/h4-7H,3H2,1-2H3. The van der Waals surface area contributed by atoms with E-state index in [1.54, 1.807) is 6.07 Å². The van der Waals surface area contributed by atoms with Crippen molar-refractivity contribution in [3.05, 3.63) is 33.8 Å². The first-order valence-electron chi connectivity index (χ1n) is 4.22. The summed E-state index contributed by atoms with van der Waals surface area (Å²) >= 11 is 11.9. The first kappa shape index (κ1) is 10.8. The maximum Gasteiger partial charge on any atom is 0.0811 e. The lowest BCUT2D eigenvalue weighted by atomic mass is 10.1. The van der Waals surface area contributed by atoms with Gasteiger partial charge in [-0.05, 0) is 19.9 Å². The van der Waals surface area contributed by atoms with Crippen LogP contribution in [0.1, 0.15) is 25.5 Å². The van der Waals surface area contributed by atoms with Gasteiger partial charge in [-0.15, -0.1) is 0 Å². The molecule has 0 fully saturated rings. The fourth-order valence-electron chi connectivity index (χ4n) is 1.17. The Balaban J connectivity index is 2.93. The van der Waals surface area contributed by atoms with Crippen LogP contribution in [-0.2, 0) is 4.74 Å². The number of halogens is 2. The predicted molar refractivity (Wildman–Crippen MR) is 56.5 cm³/mol. The number of rotatable bonds is 3. The molecule has 0 aromatic heterocycles. The summed E-state index contributed by atoms with van der Waals surface area (Å²) in [6.45, 7) is 4.58. The van der Waals surface area contributed by atoms with E-state index in [2.05, 4.69) is 0 Å². The second-order valence-electron chi connectivity index (χ2n) is 2.74. The summed E-state index contributed by atoms with van der Waals surface area (Å²) < 4.78 is 5.42. The largest absolute Gasteiger partial charge is 0.374 e. The highest BCUT2D eigenvalue weighted by atomic mass is 35.5. The summed E-state index contributed by atoms with van der Waals surface area (Å²) in [7, 11) is 0. The number of benzene rings is 1. The molecule has 0 bridgehead atoms. The molecule has 0 spiro atoms. The molecular formula is C10H12Cl2O. The Hall–Kier alpha value is -0.240. The van der Waals surface area contributed by atoms with Crippen LogP contribution in [0.3, 0.4) is 0 Å². The highest BCUT2D eigenvalue weighted by Crippen LogP contribution is 2.31. The molecule has 3 heteroatoms. The lowest BCUT2D eigenvalue weighted by molar-refractivity contribution is 0.0765. The molecule has 0 aliphatic rings. The van der Waals surface area contributed by atoms with Gasteiger partial charge >= 0.3 is 0 Å². The van der Waals surface area contributed by atoms with E-state index in [0.29, 0.717) is 16.7 Å². The molecule has 1 atom stereocenters. The predicted octanol–water partition coefficient (Wildman–Crippen LogP) is 4.09. The van der Waals surface area contributed by atoms with Crippen LogP contribution in [0.25, 0.3) is 0 Å². The minimum atomic E-state index is -0.00352. The second kappa shape index (κ2) is 4.85. The van der Waals surface area contributed by atoms with Crippen molar-refractivity contribution in [3.8, 4) is 0 Å². The third-order valence-corrected chi connectivity index (χ3v) is 2.67. The van der Waals surface area contributed by atoms with Crippen LogP contribution in [0.15, 0.2) is 18.2 Å². The van der Waals surface area contributed by atoms with Gasteiger partial charge in [0.2, 0.25) is 0 Å². The fourth-order valence-corrected chi connectivity index (χ4v) is 1.64. The van der Waals surface area contributed by atoms with E-state index >= 15 is 0 Å². The van der Waals surface area contributed by atoms with Crippen molar-refractivity contribution in [1.82, 2.24) is 0 Å². The smallest absolute Gasteiger partial charge is 0.0811 e.